The zero-order valence-electron chi connectivity index (χ0n) is 11.4. The molecule has 7 heteroatoms. The van der Waals surface area contributed by atoms with Gasteiger partial charge in [-0.3, -0.25) is 0 Å². The Labute approximate surface area is 120 Å². The van der Waals surface area contributed by atoms with Crippen LogP contribution in [0, 0.1) is 0 Å². The van der Waals surface area contributed by atoms with Crippen molar-refractivity contribution < 1.29 is 22.6 Å². The molecule has 0 saturated carbocycles. The van der Waals surface area contributed by atoms with Gasteiger partial charge in [0.2, 0.25) is 0 Å². The first-order chi connectivity index (χ1) is 9.90. The number of nitrogens with two attached hydrogens (primary N) is 1. The number of rotatable bonds is 1. The third-order valence-corrected chi connectivity index (χ3v) is 3.93. The van der Waals surface area contributed by atoms with Crippen LogP contribution in [0.15, 0.2) is 18.2 Å². The van der Waals surface area contributed by atoms with Crippen molar-refractivity contribution in [3.63, 3.8) is 0 Å². The van der Waals surface area contributed by atoms with Crippen LogP contribution in [0.1, 0.15) is 18.4 Å². The van der Waals surface area contributed by atoms with Gasteiger partial charge in [-0.15, -0.1) is 0 Å². The van der Waals surface area contributed by atoms with Gasteiger partial charge in [-0.1, -0.05) is 0 Å². The Morgan fingerprint density at radius 1 is 1.19 bits per heavy atom. The molecule has 2 N–H and O–H groups in total. The van der Waals surface area contributed by atoms with Crippen molar-refractivity contribution in [3.05, 3.63) is 23.8 Å². The van der Waals surface area contributed by atoms with E-state index in [4.69, 9.17) is 15.2 Å². The predicted octanol–water partition coefficient (Wildman–Crippen LogP) is 2.63. The molecule has 116 valence electrons. The summed E-state index contributed by atoms with van der Waals surface area (Å²) in [6, 6.07) is 3.46. The number of anilines is 2. The van der Waals surface area contributed by atoms with Gasteiger partial charge >= 0.3 is 6.18 Å². The summed E-state index contributed by atoms with van der Waals surface area (Å²) in [7, 11) is 0. The van der Waals surface area contributed by atoms with Crippen LogP contribution in [0.5, 0.6) is 0 Å². The number of halogens is 3. The number of benzene rings is 1. The lowest BCUT2D eigenvalue weighted by Crippen LogP contribution is -2.49. The number of piperidine rings is 1. The molecule has 3 rings (SSSR count). The molecule has 0 aromatic heterocycles. The molecule has 0 radical (unpaired) electrons. The third kappa shape index (κ3) is 2.80. The Hall–Kier alpha value is -1.47. The number of nitrogen functional groups attached to an aromatic ring is 1. The molecular weight excluding hydrogens is 285 g/mol. The van der Waals surface area contributed by atoms with Crippen LogP contribution in [-0.2, 0) is 15.7 Å². The number of hydrogen-bond donors (Lipinski definition) is 1. The van der Waals surface area contributed by atoms with E-state index in [2.05, 4.69) is 0 Å². The van der Waals surface area contributed by atoms with Crippen molar-refractivity contribution >= 4 is 11.4 Å². The normalized spacial score (nSPS) is 22.0. The average molecular weight is 302 g/mol. The van der Waals surface area contributed by atoms with E-state index in [0.29, 0.717) is 25.4 Å². The molecule has 2 saturated heterocycles. The van der Waals surface area contributed by atoms with Gasteiger partial charge in [0, 0.05) is 13.0 Å². The highest BCUT2D eigenvalue weighted by molar-refractivity contribution is 5.69. The first-order valence-corrected chi connectivity index (χ1v) is 6.89. The summed E-state index contributed by atoms with van der Waals surface area (Å²) in [6.45, 7) is 2.32. The molecule has 2 heterocycles. The quantitative estimate of drug-likeness (QED) is 0.810. The van der Waals surface area contributed by atoms with Crippen molar-refractivity contribution in [2.45, 2.75) is 24.8 Å². The average Bonchev–Trinajstić information content (AvgIpc) is 2.85. The monoisotopic (exact) mass is 302 g/mol. The van der Waals surface area contributed by atoms with E-state index in [1.54, 1.807) is 0 Å². The number of alkyl halides is 3. The van der Waals surface area contributed by atoms with Crippen LogP contribution in [0.25, 0.3) is 0 Å². The van der Waals surface area contributed by atoms with Crippen LogP contribution in [0.4, 0.5) is 24.5 Å². The Bertz CT molecular complexity index is 527. The minimum atomic E-state index is -4.38. The molecule has 1 aromatic rings. The van der Waals surface area contributed by atoms with Gasteiger partial charge in [-0.2, -0.15) is 13.2 Å². The lowest BCUT2D eigenvalue weighted by Gasteiger charge is -2.40. The van der Waals surface area contributed by atoms with Crippen LogP contribution in [0.3, 0.4) is 0 Å². The zero-order valence-corrected chi connectivity index (χ0v) is 11.4. The Kier molecular flexibility index (Phi) is 3.49. The van der Waals surface area contributed by atoms with Gasteiger partial charge in [-0.05, 0) is 24.6 Å². The second-order valence-corrected chi connectivity index (χ2v) is 5.40. The van der Waals surface area contributed by atoms with Crippen molar-refractivity contribution in [1.29, 1.82) is 0 Å². The molecule has 2 aliphatic rings. The predicted molar refractivity (Wildman–Crippen MR) is 71.9 cm³/mol. The molecule has 2 aliphatic heterocycles. The molecule has 1 spiro atoms. The summed E-state index contributed by atoms with van der Waals surface area (Å²) in [5.41, 5.74) is 5.80. The molecule has 2 fully saturated rings. The summed E-state index contributed by atoms with van der Waals surface area (Å²) < 4.78 is 49.4. The maximum atomic E-state index is 12.7. The van der Waals surface area contributed by atoms with E-state index in [9.17, 15) is 13.2 Å². The standard InChI is InChI=1S/C14H17F3N2O2/c15-14(16,17)10-2-3-12(11(18)8-10)19-5-1-4-13(9-19)20-6-7-21-13/h2-3,8H,1,4-7,9,18H2. The summed E-state index contributed by atoms with van der Waals surface area (Å²) in [5, 5.41) is 0. The second-order valence-electron chi connectivity index (χ2n) is 5.40. The summed E-state index contributed by atoms with van der Waals surface area (Å²) in [5.74, 6) is -0.632. The lowest BCUT2D eigenvalue weighted by atomic mass is 10.0. The molecule has 4 nitrogen and oxygen atoms in total. The van der Waals surface area contributed by atoms with E-state index < -0.39 is 17.5 Å². The fourth-order valence-electron chi connectivity index (χ4n) is 2.95. The van der Waals surface area contributed by atoms with E-state index in [-0.39, 0.29) is 5.69 Å². The molecule has 0 bridgehead atoms. The third-order valence-electron chi connectivity index (χ3n) is 3.93. The Morgan fingerprint density at radius 3 is 2.52 bits per heavy atom. The summed E-state index contributed by atoms with van der Waals surface area (Å²) in [6.07, 6.45) is -2.74. The first kappa shape index (κ1) is 14.5. The smallest absolute Gasteiger partial charge is 0.397 e. The van der Waals surface area contributed by atoms with Gasteiger partial charge in [0.15, 0.2) is 5.79 Å². The number of ether oxygens (including phenoxy) is 2. The largest absolute Gasteiger partial charge is 0.416 e. The van der Waals surface area contributed by atoms with Crippen molar-refractivity contribution in [2.75, 3.05) is 36.9 Å². The molecule has 0 aliphatic carbocycles. The van der Waals surface area contributed by atoms with Gasteiger partial charge in [0.05, 0.1) is 36.7 Å². The van der Waals surface area contributed by atoms with Crippen LogP contribution in [-0.4, -0.2) is 32.1 Å². The SMILES string of the molecule is Nc1cc(C(F)(F)F)ccc1N1CCCC2(C1)OCCO2. The minimum absolute atomic E-state index is 0.125. The molecule has 0 amide bonds. The van der Waals surface area contributed by atoms with Crippen LogP contribution >= 0.6 is 0 Å². The van der Waals surface area contributed by atoms with Crippen molar-refractivity contribution in [2.24, 2.45) is 0 Å². The van der Waals surface area contributed by atoms with Gasteiger partial charge in [-0.25, -0.2) is 0 Å². The van der Waals surface area contributed by atoms with E-state index in [0.717, 1.165) is 31.5 Å². The number of nitrogens with zero attached hydrogens (tertiary/aromatic N) is 1. The van der Waals surface area contributed by atoms with Gasteiger partial charge in [0.1, 0.15) is 0 Å². The highest BCUT2D eigenvalue weighted by Crippen LogP contribution is 2.37. The first-order valence-electron chi connectivity index (χ1n) is 6.89. The van der Waals surface area contributed by atoms with Gasteiger partial charge < -0.3 is 20.1 Å². The fraction of sp³-hybridized carbons (Fsp3) is 0.571. The second kappa shape index (κ2) is 5.06. The molecule has 0 atom stereocenters. The molecule has 1 aromatic carbocycles. The van der Waals surface area contributed by atoms with Crippen LogP contribution in [0.2, 0.25) is 0 Å². The Balaban J connectivity index is 1.83. The van der Waals surface area contributed by atoms with Gasteiger partial charge in [0.25, 0.3) is 0 Å². The van der Waals surface area contributed by atoms with Crippen LogP contribution < -0.4 is 10.6 Å². The van der Waals surface area contributed by atoms with E-state index >= 15 is 0 Å². The summed E-state index contributed by atoms with van der Waals surface area (Å²) >= 11 is 0. The summed E-state index contributed by atoms with van der Waals surface area (Å²) in [4.78, 5) is 1.93. The lowest BCUT2D eigenvalue weighted by molar-refractivity contribution is -0.161. The Morgan fingerprint density at radius 2 is 1.90 bits per heavy atom. The molecule has 21 heavy (non-hydrogen) atoms. The molecule has 0 unspecified atom stereocenters. The maximum Gasteiger partial charge on any atom is 0.416 e. The van der Waals surface area contributed by atoms with Crippen molar-refractivity contribution in [3.8, 4) is 0 Å². The number of hydrogen-bond acceptors (Lipinski definition) is 4. The topological polar surface area (TPSA) is 47.7 Å². The van der Waals surface area contributed by atoms with Crippen molar-refractivity contribution in [1.82, 2.24) is 0 Å². The highest BCUT2D eigenvalue weighted by atomic mass is 19.4. The highest BCUT2D eigenvalue weighted by Gasteiger charge is 2.41. The maximum absolute atomic E-state index is 12.7. The van der Waals surface area contributed by atoms with E-state index in [1.807, 2.05) is 4.90 Å². The van der Waals surface area contributed by atoms with E-state index in [1.165, 1.54) is 6.07 Å². The fourth-order valence-corrected chi connectivity index (χ4v) is 2.95. The zero-order chi connectivity index (χ0) is 15.1. The molecular formula is C14H17F3N2O2. The minimum Gasteiger partial charge on any atom is -0.397 e.